The molecule has 1 N–H and O–H groups in total. The van der Waals surface area contributed by atoms with Crippen LogP contribution in [0.4, 0.5) is 13.2 Å². The number of rotatable bonds is 2. The summed E-state index contributed by atoms with van der Waals surface area (Å²) in [6.07, 6.45) is -5.93. The highest BCUT2D eigenvalue weighted by Crippen LogP contribution is 2.42. The second kappa shape index (κ2) is 6.41. The van der Waals surface area contributed by atoms with E-state index < -0.39 is 24.2 Å². The molecule has 2 aromatic carbocycles. The summed E-state index contributed by atoms with van der Waals surface area (Å²) in [5.41, 5.74) is -2.17. The predicted molar refractivity (Wildman–Crippen MR) is 91.0 cm³/mol. The first-order valence-electron chi connectivity index (χ1n) is 7.65. The smallest absolute Gasteiger partial charge is 0.362 e. The second-order valence-corrected chi connectivity index (χ2v) is 6.46. The van der Waals surface area contributed by atoms with Gasteiger partial charge in [0.1, 0.15) is 0 Å². The van der Waals surface area contributed by atoms with Gasteiger partial charge in [-0.3, -0.25) is 4.79 Å². The first-order valence-corrected chi connectivity index (χ1v) is 8.03. The van der Waals surface area contributed by atoms with Crippen LogP contribution in [0.15, 0.2) is 53.6 Å². The molecule has 0 radical (unpaired) electrons. The van der Waals surface area contributed by atoms with Crippen molar-refractivity contribution < 1.29 is 23.1 Å². The zero-order valence-electron chi connectivity index (χ0n) is 13.6. The summed E-state index contributed by atoms with van der Waals surface area (Å²) in [7, 11) is 0. The number of aliphatic hydroxyl groups is 1. The number of carbonyl (C=O) groups excluding carboxylic acids is 1. The van der Waals surface area contributed by atoms with Crippen molar-refractivity contribution in [2.75, 3.05) is 0 Å². The highest BCUT2D eigenvalue weighted by molar-refractivity contribution is 6.30. The van der Waals surface area contributed by atoms with Crippen LogP contribution in [0.2, 0.25) is 5.02 Å². The van der Waals surface area contributed by atoms with Crippen molar-refractivity contribution >= 4 is 23.2 Å². The SMILES string of the molecule is Cc1ccc(C2=NN(C(=O)c3ccc(Cl)cc3)C(O)(C(F)(F)F)C2)cc1. The summed E-state index contributed by atoms with van der Waals surface area (Å²) in [5.74, 6) is -1.07. The molecule has 1 aliphatic rings. The van der Waals surface area contributed by atoms with E-state index in [1.807, 2.05) is 6.92 Å². The van der Waals surface area contributed by atoms with Crippen LogP contribution in [-0.4, -0.2) is 33.6 Å². The molecular formula is C18H14ClF3N2O2. The van der Waals surface area contributed by atoms with Gasteiger partial charge < -0.3 is 5.11 Å². The fraction of sp³-hybridized carbons (Fsp3) is 0.222. The minimum atomic E-state index is -5.08. The largest absolute Gasteiger partial charge is 0.438 e. The number of hydrogen-bond donors (Lipinski definition) is 1. The molecule has 0 saturated carbocycles. The lowest BCUT2D eigenvalue weighted by molar-refractivity contribution is -0.297. The molecule has 0 bridgehead atoms. The lowest BCUT2D eigenvalue weighted by atomic mass is 10.00. The molecule has 1 amide bonds. The fourth-order valence-corrected chi connectivity index (χ4v) is 2.73. The Labute approximate surface area is 152 Å². The molecule has 0 saturated heterocycles. The first kappa shape index (κ1) is 18.4. The average Bonchev–Trinajstić information content (AvgIpc) is 2.94. The quantitative estimate of drug-likeness (QED) is 0.848. The average molecular weight is 383 g/mol. The van der Waals surface area contributed by atoms with Crippen LogP contribution in [0.1, 0.15) is 27.9 Å². The molecule has 0 aliphatic carbocycles. The maximum Gasteiger partial charge on any atom is 0.438 e. The van der Waals surface area contributed by atoms with E-state index in [1.165, 1.54) is 24.3 Å². The highest BCUT2D eigenvalue weighted by Gasteiger charge is 2.63. The minimum Gasteiger partial charge on any atom is -0.362 e. The summed E-state index contributed by atoms with van der Waals surface area (Å²) < 4.78 is 40.7. The molecule has 8 heteroatoms. The number of aryl methyl sites for hydroxylation is 1. The molecule has 1 unspecified atom stereocenters. The van der Waals surface area contributed by atoms with Gasteiger partial charge in [0, 0.05) is 10.6 Å². The number of carbonyl (C=O) groups is 1. The van der Waals surface area contributed by atoms with Gasteiger partial charge >= 0.3 is 6.18 Å². The standard InChI is InChI=1S/C18H14ClF3N2O2/c1-11-2-4-12(5-3-11)15-10-17(26,18(20,21)22)24(23-15)16(25)13-6-8-14(19)9-7-13/h2-9,26H,10H2,1H3. The molecule has 1 atom stereocenters. The van der Waals surface area contributed by atoms with Crippen molar-refractivity contribution in [3.8, 4) is 0 Å². The van der Waals surface area contributed by atoms with E-state index in [1.54, 1.807) is 24.3 Å². The van der Waals surface area contributed by atoms with Gasteiger partial charge in [0.25, 0.3) is 11.6 Å². The molecule has 2 aromatic rings. The molecule has 4 nitrogen and oxygen atoms in total. The van der Waals surface area contributed by atoms with Crippen LogP contribution in [0, 0.1) is 6.92 Å². The van der Waals surface area contributed by atoms with Crippen molar-refractivity contribution in [2.24, 2.45) is 5.10 Å². The van der Waals surface area contributed by atoms with Crippen LogP contribution in [0.25, 0.3) is 0 Å². The number of hydrazone groups is 1. The fourth-order valence-electron chi connectivity index (χ4n) is 2.60. The van der Waals surface area contributed by atoms with Gasteiger partial charge in [0.15, 0.2) is 0 Å². The molecule has 1 aliphatic heterocycles. The maximum atomic E-state index is 13.6. The van der Waals surface area contributed by atoms with Crippen molar-refractivity contribution in [3.63, 3.8) is 0 Å². The number of nitrogens with zero attached hydrogens (tertiary/aromatic N) is 2. The Morgan fingerprint density at radius 3 is 2.27 bits per heavy atom. The Hall–Kier alpha value is -2.38. The Kier molecular flexibility index (Phi) is 4.54. The van der Waals surface area contributed by atoms with Gasteiger partial charge in [-0.15, -0.1) is 0 Å². The van der Waals surface area contributed by atoms with E-state index in [4.69, 9.17) is 11.6 Å². The van der Waals surface area contributed by atoms with Crippen LogP contribution in [0.3, 0.4) is 0 Å². The number of hydrogen-bond acceptors (Lipinski definition) is 3. The molecule has 0 fully saturated rings. The van der Waals surface area contributed by atoms with Crippen molar-refractivity contribution in [1.29, 1.82) is 0 Å². The summed E-state index contributed by atoms with van der Waals surface area (Å²) in [6.45, 7) is 1.84. The Morgan fingerprint density at radius 2 is 1.73 bits per heavy atom. The zero-order chi connectivity index (χ0) is 19.1. The van der Waals surface area contributed by atoms with Crippen molar-refractivity contribution in [3.05, 3.63) is 70.2 Å². The van der Waals surface area contributed by atoms with Gasteiger partial charge in [-0.05, 0) is 36.8 Å². The summed E-state index contributed by atoms with van der Waals surface area (Å²) in [4.78, 5) is 12.6. The van der Waals surface area contributed by atoms with Crippen molar-refractivity contribution in [2.45, 2.75) is 25.2 Å². The van der Waals surface area contributed by atoms with Gasteiger partial charge in [-0.25, -0.2) is 0 Å². The third-order valence-electron chi connectivity index (χ3n) is 4.11. The van der Waals surface area contributed by atoms with Gasteiger partial charge in [-0.1, -0.05) is 41.4 Å². The highest BCUT2D eigenvalue weighted by atomic mass is 35.5. The van der Waals surface area contributed by atoms with E-state index in [9.17, 15) is 23.1 Å². The lowest BCUT2D eigenvalue weighted by Crippen LogP contribution is -2.56. The minimum absolute atomic E-state index is 0.0212. The number of amides is 1. The van der Waals surface area contributed by atoms with Crippen LogP contribution in [0.5, 0.6) is 0 Å². The normalized spacial score (nSPS) is 20.2. The third kappa shape index (κ3) is 3.20. The molecule has 26 heavy (non-hydrogen) atoms. The molecule has 136 valence electrons. The lowest BCUT2D eigenvalue weighted by Gasteiger charge is -2.32. The first-order chi connectivity index (χ1) is 12.1. The zero-order valence-corrected chi connectivity index (χ0v) is 14.3. The predicted octanol–water partition coefficient (Wildman–Crippen LogP) is 4.15. The van der Waals surface area contributed by atoms with E-state index in [-0.39, 0.29) is 16.3 Å². The monoisotopic (exact) mass is 382 g/mol. The topological polar surface area (TPSA) is 52.9 Å². The van der Waals surface area contributed by atoms with Crippen LogP contribution >= 0.6 is 11.6 Å². The molecule has 1 heterocycles. The summed E-state index contributed by atoms with van der Waals surface area (Å²) in [6, 6.07) is 11.9. The molecular weight excluding hydrogens is 369 g/mol. The molecule has 0 spiro atoms. The van der Waals surface area contributed by atoms with Gasteiger partial charge in [-0.2, -0.15) is 23.3 Å². The van der Waals surface area contributed by atoms with E-state index in [0.29, 0.717) is 10.6 Å². The van der Waals surface area contributed by atoms with Crippen molar-refractivity contribution in [1.82, 2.24) is 5.01 Å². The summed E-state index contributed by atoms with van der Waals surface area (Å²) in [5, 5.41) is 14.5. The van der Waals surface area contributed by atoms with Crippen LogP contribution < -0.4 is 0 Å². The second-order valence-electron chi connectivity index (χ2n) is 6.03. The number of halogens is 4. The molecule has 3 rings (SSSR count). The van der Waals surface area contributed by atoms with Crippen LogP contribution in [-0.2, 0) is 0 Å². The molecule has 0 aromatic heterocycles. The number of alkyl halides is 3. The van der Waals surface area contributed by atoms with E-state index in [0.717, 1.165) is 5.56 Å². The third-order valence-corrected chi connectivity index (χ3v) is 4.36. The maximum absolute atomic E-state index is 13.6. The van der Waals surface area contributed by atoms with E-state index in [2.05, 4.69) is 5.10 Å². The van der Waals surface area contributed by atoms with Gasteiger partial charge in [0.05, 0.1) is 12.1 Å². The Bertz CT molecular complexity index is 864. The Balaban J connectivity index is 2.03. The van der Waals surface area contributed by atoms with E-state index >= 15 is 0 Å². The number of benzene rings is 2. The summed E-state index contributed by atoms with van der Waals surface area (Å²) >= 11 is 5.74. The van der Waals surface area contributed by atoms with Gasteiger partial charge in [0.2, 0.25) is 0 Å². The Morgan fingerprint density at radius 1 is 1.15 bits per heavy atom.